The molecule has 0 heterocycles. The molecule has 0 aliphatic heterocycles. The third-order valence-corrected chi connectivity index (χ3v) is 3.76. The highest BCUT2D eigenvalue weighted by Crippen LogP contribution is 2.23. The molecule has 0 saturated carbocycles. The Labute approximate surface area is 111 Å². The van der Waals surface area contributed by atoms with Crippen molar-refractivity contribution in [2.24, 2.45) is 11.8 Å². The number of benzene rings is 1. The molecule has 96 valence electrons. The van der Waals surface area contributed by atoms with Crippen LogP contribution in [0, 0.1) is 11.8 Å². The molecule has 1 nitrogen and oxygen atoms in total. The molecule has 2 unspecified atom stereocenters. The molecule has 1 rings (SSSR count). The van der Waals surface area contributed by atoms with Gasteiger partial charge in [-0.2, -0.15) is 0 Å². The summed E-state index contributed by atoms with van der Waals surface area (Å²) in [4.78, 5) is 0. The van der Waals surface area contributed by atoms with Gasteiger partial charge in [0, 0.05) is 5.02 Å². The van der Waals surface area contributed by atoms with Crippen LogP contribution in [0.25, 0.3) is 0 Å². The van der Waals surface area contributed by atoms with Crippen molar-refractivity contribution in [1.29, 1.82) is 0 Å². The van der Waals surface area contributed by atoms with Gasteiger partial charge in [-0.1, -0.05) is 50.1 Å². The van der Waals surface area contributed by atoms with Gasteiger partial charge < -0.3 is 5.32 Å². The van der Waals surface area contributed by atoms with Gasteiger partial charge in [-0.15, -0.1) is 0 Å². The van der Waals surface area contributed by atoms with Gasteiger partial charge in [0.15, 0.2) is 0 Å². The summed E-state index contributed by atoms with van der Waals surface area (Å²) in [5, 5.41) is 4.19. The van der Waals surface area contributed by atoms with Crippen LogP contribution in [-0.2, 0) is 6.42 Å². The molecular formula is C15H24ClN. The average molecular weight is 254 g/mol. The second kappa shape index (κ2) is 7.73. The lowest BCUT2D eigenvalue weighted by Gasteiger charge is -2.20. The Hall–Kier alpha value is -0.530. The summed E-state index contributed by atoms with van der Waals surface area (Å²) >= 11 is 6.22. The van der Waals surface area contributed by atoms with Crippen LogP contribution in [0.5, 0.6) is 0 Å². The molecule has 0 bridgehead atoms. The topological polar surface area (TPSA) is 12.0 Å². The fraction of sp³-hybridized carbons (Fsp3) is 0.600. The van der Waals surface area contributed by atoms with Crippen molar-refractivity contribution < 1.29 is 0 Å². The minimum absolute atomic E-state index is 0.676. The third kappa shape index (κ3) is 5.10. The molecule has 0 aromatic heterocycles. The molecule has 2 heteroatoms. The summed E-state index contributed by atoms with van der Waals surface area (Å²) in [7, 11) is 2.02. The first-order valence-electron chi connectivity index (χ1n) is 6.55. The molecule has 17 heavy (non-hydrogen) atoms. The summed E-state index contributed by atoms with van der Waals surface area (Å²) in [5.74, 6) is 1.46. The number of hydrogen-bond donors (Lipinski definition) is 1. The van der Waals surface area contributed by atoms with Crippen molar-refractivity contribution in [2.45, 2.75) is 33.1 Å². The van der Waals surface area contributed by atoms with E-state index in [2.05, 4.69) is 31.3 Å². The average Bonchev–Trinajstić information content (AvgIpc) is 2.32. The summed E-state index contributed by atoms with van der Waals surface area (Å²) < 4.78 is 0. The van der Waals surface area contributed by atoms with E-state index in [-0.39, 0.29) is 0 Å². The summed E-state index contributed by atoms with van der Waals surface area (Å²) in [6.07, 6.45) is 3.59. The van der Waals surface area contributed by atoms with Crippen molar-refractivity contribution in [3.8, 4) is 0 Å². The normalized spacial score (nSPS) is 14.6. The zero-order valence-electron chi connectivity index (χ0n) is 11.2. The fourth-order valence-corrected chi connectivity index (χ4v) is 2.45. The highest BCUT2D eigenvalue weighted by molar-refractivity contribution is 6.31. The van der Waals surface area contributed by atoms with Crippen LogP contribution in [0.2, 0.25) is 5.02 Å². The number of halogens is 1. The predicted molar refractivity (Wildman–Crippen MR) is 76.6 cm³/mol. The summed E-state index contributed by atoms with van der Waals surface area (Å²) in [6, 6.07) is 8.19. The van der Waals surface area contributed by atoms with Gasteiger partial charge in [0.25, 0.3) is 0 Å². The van der Waals surface area contributed by atoms with Crippen LogP contribution in [0.1, 0.15) is 32.3 Å². The molecule has 0 amide bonds. The first kappa shape index (κ1) is 14.5. The predicted octanol–water partition coefficient (Wildman–Crippen LogP) is 4.15. The van der Waals surface area contributed by atoms with Gasteiger partial charge in [-0.05, 0) is 49.9 Å². The van der Waals surface area contributed by atoms with E-state index in [4.69, 9.17) is 11.6 Å². The lowest BCUT2D eigenvalue weighted by molar-refractivity contribution is 0.371. The van der Waals surface area contributed by atoms with Gasteiger partial charge in [-0.3, -0.25) is 0 Å². The van der Waals surface area contributed by atoms with Crippen molar-refractivity contribution in [2.75, 3.05) is 13.6 Å². The van der Waals surface area contributed by atoms with Crippen LogP contribution in [-0.4, -0.2) is 13.6 Å². The van der Waals surface area contributed by atoms with E-state index < -0.39 is 0 Å². The smallest absolute Gasteiger partial charge is 0.0438 e. The molecule has 0 saturated heterocycles. The minimum atomic E-state index is 0.676. The SMILES string of the molecule is CCC(C)CC(CNC)Cc1ccccc1Cl. The van der Waals surface area contributed by atoms with Crippen LogP contribution in [0.3, 0.4) is 0 Å². The molecule has 1 aromatic carbocycles. The van der Waals surface area contributed by atoms with Crippen molar-refractivity contribution in [1.82, 2.24) is 5.32 Å². The summed E-state index contributed by atoms with van der Waals surface area (Å²) in [6.45, 7) is 5.65. The standard InChI is InChI=1S/C15H24ClN/c1-4-12(2)9-13(11-17-3)10-14-7-5-6-8-15(14)16/h5-8,12-13,17H,4,9-11H2,1-3H3. The largest absolute Gasteiger partial charge is 0.319 e. The first-order valence-corrected chi connectivity index (χ1v) is 6.93. The van der Waals surface area contributed by atoms with Gasteiger partial charge >= 0.3 is 0 Å². The first-order chi connectivity index (χ1) is 8.17. The zero-order valence-corrected chi connectivity index (χ0v) is 11.9. The third-order valence-electron chi connectivity index (χ3n) is 3.39. The Morgan fingerprint density at radius 2 is 2.00 bits per heavy atom. The quantitative estimate of drug-likeness (QED) is 0.770. The lowest BCUT2D eigenvalue weighted by Crippen LogP contribution is -2.22. The van der Waals surface area contributed by atoms with Crippen LogP contribution in [0.4, 0.5) is 0 Å². The number of nitrogens with one attached hydrogen (secondary N) is 1. The van der Waals surface area contributed by atoms with E-state index in [9.17, 15) is 0 Å². The molecule has 0 spiro atoms. The molecule has 1 N–H and O–H groups in total. The Kier molecular flexibility index (Phi) is 6.61. The molecule has 0 fully saturated rings. The highest BCUT2D eigenvalue weighted by atomic mass is 35.5. The van der Waals surface area contributed by atoms with E-state index >= 15 is 0 Å². The number of hydrogen-bond acceptors (Lipinski definition) is 1. The maximum Gasteiger partial charge on any atom is 0.0438 e. The van der Waals surface area contributed by atoms with Gasteiger partial charge in [0.05, 0.1) is 0 Å². The van der Waals surface area contributed by atoms with E-state index in [0.717, 1.165) is 23.9 Å². The Balaban J connectivity index is 2.63. The van der Waals surface area contributed by atoms with Crippen LogP contribution < -0.4 is 5.32 Å². The fourth-order valence-electron chi connectivity index (χ4n) is 2.24. The number of rotatable bonds is 7. The minimum Gasteiger partial charge on any atom is -0.319 e. The monoisotopic (exact) mass is 253 g/mol. The van der Waals surface area contributed by atoms with Crippen molar-refractivity contribution in [3.63, 3.8) is 0 Å². The molecule has 0 aliphatic rings. The van der Waals surface area contributed by atoms with Gasteiger partial charge in [0.2, 0.25) is 0 Å². The molecule has 0 radical (unpaired) electrons. The van der Waals surface area contributed by atoms with Crippen LogP contribution in [0.15, 0.2) is 24.3 Å². The van der Waals surface area contributed by atoms with E-state index in [1.807, 2.05) is 19.2 Å². The molecular weight excluding hydrogens is 230 g/mol. The van der Waals surface area contributed by atoms with E-state index in [1.165, 1.54) is 18.4 Å². The zero-order chi connectivity index (χ0) is 12.7. The molecule has 0 aliphatic carbocycles. The van der Waals surface area contributed by atoms with Crippen molar-refractivity contribution >= 4 is 11.6 Å². The van der Waals surface area contributed by atoms with Gasteiger partial charge in [-0.25, -0.2) is 0 Å². The highest BCUT2D eigenvalue weighted by Gasteiger charge is 2.13. The lowest BCUT2D eigenvalue weighted by atomic mass is 9.89. The van der Waals surface area contributed by atoms with Crippen molar-refractivity contribution in [3.05, 3.63) is 34.9 Å². The van der Waals surface area contributed by atoms with Crippen LogP contribution >= 0.6 is 11.6 Å². The maximum absolute atomic E-state index is 6.22. The van der Waals surface area contributed by atoms with Gasteiger partial charge in [0.1, 0.15) is 0 Å². The maximum atomic E-state index is 6.22. The Morgan fingerprint density at radius 1 is 1.29 bits per heavy atom. The second-order valence-electron chi connectivity index (χ2n) is 4.97. The van der Waals surface area contributed by atoms with E-state index in [0.29, 0.717) is 5.92 Å². The molecule has 2 atom stereocenters. The second-order valence-corrected chi connectivity index (χ2v) is 5.38. The Morgan fingerprint density at radius 3 is 2.59 bits per heavy atom. The Bertz CT molecular complexity index is 324. The van der Waals surface area contributed by atoms with E-state index in [1.54, 1.807) is 0 Å². The summed E-state index contributed by atoms with van der Waals surface area (Å²) in [5.41, 5.74) is 1.28. The molecule has 1 aromatic rings.